The molecule has 0 aromatic heterocycles. The van der Waals surface area contributed by atoms with Crippen LogP contribution in [0.4, 0.5) is 5.69 Å². The number of para-hydroxylation sites is 1. The molecule has 0 radical (unpaired) electrons. The zero-order valence-corrected chi connectivity index (χ0v) is 17.2. The lowest BCUT2D eigenvalue weighted by Gasteiger charge is -2.19. The zero-order valence-electron chi connectivity index (χ0n) is 17.2. The Bertz CT molecular complexity index is 860. The van der Waals surface area contributed by atoms with E-state index in [0.29, 0.717) is 11.5 Å². The van der Waals surface area contributed by atoms with E-state index in [2.05, 4.69) is 19.2 Å². The van der Waals surface area contributed by atoms with Gasteiger partial charge in [-0.05, 0) is 43.0 Å². The van der Waals surface area contributed by atoms with E-state index in [1.165, 1.54) is 21.1 Å². The monoisotopic (exact) mass is 385 g/mol. The van der Waals surface area contributed by atoms with Gasteiger partial charge in [0, 0.05) is 11.8 Å². The molecule has 0 aliphatic carbocycles. The fourth-order valence-corrected chi connectivity index (χ4v) is 2.81. The number of hydrogen-bond donors (Lipinski definition) is 1. The second kappa shape index (κ2) is 9.26. The van der Waals surface area contributed by atoms with Gasteiger partial charge in [0.1, 0.15) is 17.1 Å². The molecule has 0 spiro atoms. The highest BCUT2D eigenvalue weighted by molar-refractivity contribution is 5.99. The zero-order chi connectivity index (χ0) is 20.8. The minimum Gasteiger partial charge on any atom is -0.497 e. The highest BCUT2D eigenvalue weighted by Crippen LogP contribution is 2.28. The molecule has 0 unspecified atom stereocenters. The standard InChI is InChI=1S/C22H27NO5/c1-13(2)17-9-7-8-14(3)20(17)23-21(24)15(4)28-22(25)18-11-10-16(26-5)12-19(18)27-6/h7-13,15H,1-6H3,(H,23,24)/t15-/m1/s1. The number of benzene rings is 2. The number of carbonyl (C=O) groups excluding carboxylic acids is 2. The third-order valence-electron chi connectivity index (χ3n) is 4.46. The van der Waals surface area contributed by atoms with Gasteiger partial charge in [-0.25, -0.2) is 4.79 Å². The molecule has 0 fully saturated rings. The van der Waals surface area contributed by atoms with Crippen LogP contribution in [0.2, 0.25) is 0 Å². The highest BCUT2D eigenvalue weighted by Gasteiger charge is 2.23. The van der Waals surface area contributed by atoms with Crippen molar-refractivity contribution in [2.45, 2.75) is 39.7 Å². The van der Waals surface area contributed by atoms with Gasteiger partial charge >= 0.3 is 5.97 Å². The molecule has 1 N–H and O–H groups in total. The lowest BCUT2D eigenvalue weighted by molar-refractivity contribution is -0.123. The lowest BCUT2D eigenvalue weighted by atomic mass is 9.98. The van der Waals surface area contributed by atoms with Gasteiger partial charge in [0.15, 0.2) is 6.10 Å². The Balaban J connectivity index is 2.14. The summed E-state index contributed by atoms with van der Waals surface area (Å²) >= 11 is 0. The van der Waals surface area contributed by atoms with E-state index >= 15 is 0 Å². The van der Waals surface area contributed by atoms with Gasteiger partial charge in [-0.3, -0.25) is 4.79 Å². The topological polar surface area (TPSA) is 73.9 Å². The molecule has 1 atom stereocenters. The third-order valence-corrected chi connectivity index (χ3v) is 4.46. The van der Waals surface area contributed by atoms with Crippen molar-refractivity contribution in [1.29, 1.82) is 0 Å². The Morgan fingerprint density at radius 1 is 1.00 bits per heavy atom. The van der Waals surface area contributed by atoms with E-state index in [1.807, 2.05) is 25.1 Å². The van der Waals surface area contributed by atoms with Crippen LogP contribution in [0.25, 0.3) is 0 Å². The summed E-state index contributed by atoms with van der Waals surface area (Å²) in [5.74, 6) is 0.0857. The van der Waals surface area contributed by atoms with E-state index < -0.39 is 18.0 Å². The molecule has 2 aromatic carbocycles. The number of nitrogens with one attached hydrogen (secondary N) is 1. The van der Waals surface area contributed by atoms with Crippen LogP contribution in [0.15, 0.2) is 36.4 Å². The summed E-state index contributed by atoms with van der Waals surface area (Å²) < 4.78 is 15.7. The molecule has 0 heterocycles. The maximum Gasteiger partial charge on any atom is 0.342 e. The SMILES string of the molecule is COc1ccc(C(=O)O[C@H](C)C(=O)Nc2c(C)cccc2C(C)C)c(OC)c1. The van der Waals surface area contributed by atoms with Crippen LogP contribution in [0.3, 0.4) is 0 Å². The van der Waals surface area contributed by atoms with E-state index in [9.17, 15) is 9.59 Å². The van der Waals surface area contributed by atoms with Gasteiger partial charge in [-0.1, -0.05) is 32.0 Å². The first-order chi connectivity index (χ1) is 13.3. The van der Waals surface area contributed by atoms with Crippen LogP contribution in [0, 0.1) is 6.92 Å². The molecule has 0 aliphatic heterocycles. The number of aryl methyl sites for hydroxylation is 1. The first-order valence-electron chi connectivity index (χ1n) is 9.11. The van der Waals surface area contributed by atoms with E-state index in [4.69, 9.17) is 14.2 Å². The Kier molecular flexibility index (Phi) is 7.04. The Labute approximate surface area is 165 Å². The number of methoxy groups -OCH3 is 2. The van der Waals surface area contributed by atoms with Gasteiger partial charge in [0.2, 0.25) is 0 Å². The van der Waals surface area contributed by atoms with Crippen LogP contribution in [-0.4, -0.2) is 32.2 Å². The molecule has 150 valence electrons. The number of esters is 1. The average molecular weight is 385 g/mol. The molecule has 2 rings (SSSR count). The van der Waals surface area contributed by atoms with Crippen molar-refractivity contribution in [3.8, 4) is 11.5 Å². The third kappa shape index (κ3) is 4.82. The number of amides is 1. The second-order valence-corrected chi connectivity index (χ2v) is 6.80. The summed E-state index contributed by atoms with van der Waals surface area (Å²) in [5.41, 5.74) is 2.97. The summed E-state index contributed by atoms with van der Waals surface area (Å²) in [7, 11) is 2.98. The predicted molar refractivity (Wildman–Crippen MR) is 108 cm³/mol. The largest absolute Gasteiger partial charge is 0.497 e. The molecular weight excluding hydrogens is 358 g/mol. The van der Waals surface area contributed by atoms with E-state index in [1.54, 1.807) is 18.2 Å². The number of hydrogen-bond acceptors (Lipinski definition) is 5. The number of rotatable bonds is 7. The van der Waals surface area contributed by atoms with Crippen LogP contribution in [-0.2, 0) is 9.53 Å². The Hall–Kier alpha value is -3.02. The number of carbonyl (C=O) groups is 2. The van der Waals surface area contributed by atoms with Crippen molar-refractivity contribution in [3.05, 3.63) is 53.1 Å². The number of anilines is 1. The van der Waals surface area contributed by atoms with Crippen LogP contribution in [0.5, 0.6) is 11.5 Å². The van der Waals surface area contributed by atoms with Gasteiger partial charge in [0.25, 0.3) is 5.91 Å². The molecule has 6 nitrogen and oxygen atoms in total. The molecule has 0 aliphatic rings. The fraction of sp³-hybridized carbons (Fsp3) is 0.364. The molecule has 1 amide bonds. The van der Waals surface area contributed by atoms with E-state index in [0.717, 1.165) is 16.8 Å². The molecular formula is C22H27NO5. The van der Waals surface area contributed by atoms with Crippen molar-refractivity contribution in [2.24, 2.45) is 0 Å². The number of ether oxygens (including phenoxy) is 3. The molecule has 0 bridgehead atoms. The lowest BCUT2D eigenvalue weighted by Crippen LogP contribution is -2.30. The van der Waals surface area contributed by atoms with Crippen molar-refractivity contribution < 1.29 is 23.8 Å². The molecule has 6 heteroatoms. The summed E-state index contributed by atoms with van der Waals surface area (Å²) in [5, 5.41) is 2.90. The predicted octanol–water partition coefficient (Wildman–Crippen LogP) is 4.32. The van der Waals surface area contributed by atoms with Gasteiger partial charge in [-0.2, -0.15) is 0 Å². The molecule has 0 saturated heterocycles. The smallest absolute Gasteiger partial charge is 0.342 e. The van der Waals surface area contributed by atoms with Crippen LogP contribution < -0.4 is 14.8 Å². The van der Waals surface area contributed by atoms with Crippen molar-refractivity contribution in [3.63, 3.8) is 0 Å². The quantitative estimate of drug-likeness (QED) is 0.719. The molecule has 28 heavy (non-hydrogen) atoms. The first kappa shape index (κ1) is 21.3. The van der Waals surface area contributed by atoms with Crippen molar-refractivity contribution >= 4 is 17.6 Å². The van der Waals surface area contributed by atoms with Crippen molar-refractivity contribution in [2.75, 3.05) is 19.5 Å². The maximum absolute atomic E-state index is 12.6. The second-order valence-electron chi connectivity index (χ2n) is 6.80. The average Bonchev–Trinajstić information content (AvgIpc) is 2.68. The summed E-state index contributed by atoms with van der Waals surface area (Å²) in [4.78, 5) is 25.1. The fourth-order valence-electron chi connectivity index (χ4n) is 2.81. The normalized spacial score (nSPS) is 11.7. The minimum absolute atomic E-state index is 0.224. The maximum atomic E-state index is 12.6. The Morgan fingerprint density at radius 2 is 1.71 bits per heavy atom. The highest BCUT2D eigenvalue weighted by atomic mass is 16.5. The summed E-state index contributed by atoms with van der Waals surface area (Å²) in [6.07, 6.45) is -0.973. The Morgan fingerprint density at radius 3 is 2.32 bits per heavy atom. The molecule has 0 saturated carbocycles. The summed E-state index contributed by atoms with van der Waals surface area (Å²) in [6, 6.07) is 10.6. The summed E-state index contributed by atoms with van der Waals surface area (Å²) in [6.45, 7) is 7.59. The van der Waals surface area contributed by atoms with Crippen LogP contribution in [0.1, 0.15) is 48.2 Å². The minimum atomic E-state index is -0.973. The van der Waals surface area contributed by atoms with Crippen LogP contribution >= 0.6 is 0 Å². The molecule has 2 aromatic rings. The van der Waals surface area contributed by atoms with Gasteiger partial charge in [0.05, 0.1) is 14.2 Å². The van der Waals surface area contributed by atoms with Gasteiger partial charge in [-0.15, -0.1) is 0 Å². The van der Waals surface area contributed by atoms with Gasteiger partial charge < -0.3 is 19.5 Å². The van der Waals surface area contributed by atoms with Crippen molar-refractivity contribution in [1.82, 2.24) is 0 Å². The first-order valence-corrected chi connectivity index (χ1v) is 9.11. The van der Waals surface area contributed by atoms with E-state index in [-0.39, 0.29) is 11.5 Å².